The van der Waals surface area contributed by atoms with Crippen LogP contribution in [0.2, 0.25) is 0 Å². The number of hydrogen-bond donors (Lipinski definition) is 1. The molecule has 0 spiro atoms. The molecule has 1 amide bonds. The van der Waals surface area contributed by atoms with Gasteiger partial charge in [-0.1, -0.05) is 45.0 Å². The van der Waals surface area contributed by atoms with E-state index in [2.05, 4.69) is 26.1 Å². The zero-order valence-electron chi connectivity index (χ0n) is 16.8. The predicted octanol–water partition coefficient (Wildman–Crippen LogP) is 5.73. The number of methoxy groups -OCH3 is 1. The molecule has 0 bridgehead atoms. The quantitative estimate of drug-likeness (QED) is 0.664. The van der Waals surface area contributed by atoms with Crippen molar-refractivity contribution in [1.29, 1.82) is 0 Å². The SMILES string of the molecule is COc1c(CP(C)(C)=O)cc(C(C)(C)C)cc1NC(=O)Oc1ccccc1. The van der Waals surface area contributed by atoms with Crippen LogP contribution in [0.4, 0.5) is 10.5 Å². The second-order valence-corrected chi connectivity index (χ2v) is 11.5. The first-order valence-electron chi connectivity index (χ1n) is 8.79. The highest BCUT2D eigenvalue weighted by molar-refractivity contribution is 7.61. The molecular formula is C21H28NO4P. The van der Waals surface area contributed by atoms with Gasteiger partial charge in [0.1, 0.15) is 11.5 Å². The molecule has 1 N–H and O–H groups in total. The maximum absolute atomic E-state index is 12.4. The molecule has 0 aliphatic carbocycles. The van der Waals surface area contributed by atoms with Crippen molar-refractivity contribution in [3.8, 4) is 11.5 Å². The summed E-state index contributed by atoms with van der Waals surface area (Å²) < 4.78 is 23.3. The summed E-state index contributed by atoms with van der Waals surface area (Å²) >= 11 is 0. The van der Waals surface area contributed by atoms with Crippen LogP contribution in [-0.4, -0.2) is 26.5 Å². The summed E-state index contributed by atoms with van der Waals surface area (Å²) in [5, 5.41) is 2.77. The molecule has 0 aliphatic rings. The van der Waals surface area contributed by atoms with Gasteiger partial charge in [-0.05, 0) is 42.5 Å². The Bertz CT molecular complexity index is 850. The van der Waals surface area contributed by atoms with Gasteiger partial charge < -0.3 is 14.0 Å². The van der Waals surface area contributed by atoms with E-state index in [-0.39, 0.29) is 5.41 Å². The first kappa shape index (κ1) is 21.0. The number of hydrogen-bond acceptors (Lipinski definition) is 4. The van der Waals surface area contributed by atoms with Gasteiger partial charge in [0.05, 0.1) is 19.9 Å². The van der Waals surface area contributed by atoms with Crippen molar-refractivity contribution >= 4 is 18.9 Å². The molecule has 6 heteroatoms. The summed E-state index contributed by atoms with van der Waals surface area (Å²) in [7, 11) is -0.791. The van der Waals surface area contributed by atoms with Crippen molar-refractivity contribution in [3.63, 3.8) is 0 Å². The maximum Gasteiger partial charge on any atom is 0.417 e. The van der Waals surface area contributed by atoms with Gasteiger partial charge in [0.25, 0.3) is 0 Å². The van der Waals surface area contributed by atoms with Gasteiger partial charge >= 0.3 is 6.09 Å². The number of nitrogens with one attached hydrogen (secondary N) is 1. The van der Waals surface area contributed by atoms with E-state index in [1.165, 1.54) is 0 Å². The fourth-order valence-electron chi connectivity index (χ4n) is 2.71. The fourth-order valence-corrected chi connectivity index (χ4v) is 3.77. The van der Waals surface area contributed by atoms with E-state index in [1.54, 1.807) is 44.7 Å². The summed E-state index contributed by atoms with van der Waals surface area (Å²) in [6.45, 7) is 9.74. The minimum absolute atomic E-state index is 0.147. The molecule has 27 heavy (non-hydrogen) atoms. The van der Waals surface area contributed by atoms with Crippen molar-refractivity contribution in [2.75, 3.05) is 25.8 Å². The standard InChI is InChI=1S/C21H28NO4P/c1-21(2,3)16-12-15(14-27(5,6)24)19(25-4)18(13-16)22-20(23)26-17-10-8-7-9-11-17/h7-13H,14H2,1-6H3,(H,22,23). The average molecular weight is 389 g/mol. The molecule has 0 fully saturated rings. The largest absolute Gasteiger partial charge is 0.494 e. The van der Waals surface area contributed by atoms with Crippen LogP contribution in [0, 0.1) is 0 Å². The van der Waals surface area contributed by atoms with Gasteiger partial charge in [-0.15, -0.1) is 0 Å². The second-order valence-electron chi connectivity index (χ2n) is 8.03. The lowest BCUT2D eigenvalue weighted by molar-refractivity contribution is 0.215. The Hall–Kier alpha value is -2.26. The normalized spacial score (nSPS) is 11.8. The van der Waals surface area contributed by atoms with Crippen LogP contribution in [0.3, 0.4) is 0 Å². The van der Waals surface area contributed by atoms with Gasteiger partial charge in [-0.25, -0.2) is 4.79 Å². The Morgan fingerprint density at radius 2 is 1.74 bits per heavy atom. The number of amides is 1. The molecule has 5 nitrogen and oxygen atoms in total. The lowest BCUT2D eigenvalue weighted by Gasteiger charge is -2.24. The third-order valence-electron chi connectivity index (χ3n) is 3.98. The molecule has 0 aliphatic heterocycles. The lowest BCUT2D eigenvalue weighted by Crippen LogP contribution is -2.19. The van der Waals surface area contributed by atoms with E-state index in [9.17, 15) is 9.36 Å². The molecule has 146 valence electrons. The fraction of sp³-hybridized carbons (Fsp3) is 0.381. The molecule has 0 aromatic heterocycles. The molecular weight excluding hydrogens is 361 g/mol. The van der Waals surface area contributed by atoms with Gasteiger partial charge in [0, 0.05) is 11.7 Å². The summed E-state index contributed by atoms with van der Waals surface area (Å²) in [6.07, 6.45) is -0.213. The lowest BCUT2D eigenvalue weighted by atomic mass is 9.85. The predicted molar refractivity (Wildman–Crippen MR) is 111 cm³/mol. The van der Waals surface area contributed by atoms with Crippen LogP contribution in [0.1, 0.15) is 31.9 Å². The van der Waals surface area contributed by atoms with Crippen LogP contribution in [-0.2, 0) is 16.1 Å². The molecule has 2 aromatic carbocycles. The average Bonchev–Trinajstić information content (AvgIpc) is 2.53. The maximum atomic E-state index is 12.4. The molecule has 0 saturated heterocycles. The van der Waals surface area contributed by atoms with Crippen LogP contribution in [0.5, 0.6) is 11.5 Å². The smallest absolute Gasteiger partial charge is 0.417 e. The highest BCUT2D eigenvalue weighted by atomic mass is 31.2. The number of benzene rings is 2. The Kier molecular flexibility index (Phi) is 6.38. The van der Waals surface area contributed by atoms with E-state index in [1.807, 2.05) is 18.2 Å². The molecule has 0 radical (unpaired) electrons. The van der Waals surface area contributed by atoms with Crippen LogP contribution in [0.25, 0.3) is 0 Å². The number of ether oxygens (including phenoxy) is 2. The Morgan fingerprint density at radius 3 is 2.26 bits per heavy atom. The number of rotatable bonds is 5. The van der Waals surface area contributed by atoms with E-state index in [0.29, 0.717) is 23.3 Å². The van der Waals surface area contributed by atoms with E-state index in [0.717, 1.165) is 11.1 Å². The molecule has 0 unspecified atom stereocenters. The van der Waals surface area contributed by atoms with Crippen molar-refractivity contribution < 1.29 is 18.8 Å². The van der Waals surface area contributed by atoms with Gasteiger partial charge in [-0.3, -0.25) is 5.32 Å². The van der Waals surface area contributed by atoms with Gasteiger partial charge in [-0.2, -0.15) is 0 Å². The molecule has 0 heterocycles. The van der Waals surface area contributed by atoms with Gasteiger partial charge in [0.2, 0.25) is 0 Å². The zero-order chi connectivity index (χ0) is 20.2. The first-order chi connectivity index (χ1) is 12.5. The van der Waals surface area contributed by atoms with Crippen molar-refractivity contribution in [2.45, 2.75) is 32.3 Å². The van der Waals surface area contributed by atoms with E-state index in [4.69, 9.17) is 9.47 Å². The highest BCUT2D eigenvalue weighted by Gasteiger charge is 2.23. The van der Waals surface area contributed by atoms with E-state index >= 15 is 0 Å². The molecule has 2 rings (SSSR count). The summed E-state index contributed by atoms with van der Waals surface area (Å²) in [5.41, 5.74) is 2.19. The summed E-state index contributed by atoms with van der Waals surface area (Å²) in [5.74, 6) is 0.963. The van der Waals surface area contributed by atoms with Gasteiger partial charge in [0.15, 0.2) is 0 Å². The number of carbonyl (C=O) groups is 1. The minimum atomic E-state index is -2.33. The van der Waals surface area contributed by atoms with Crippen LogP contribution >= 0.6 is 7.14 Å². The zero-order valence-corrected chi connectivity index (χ0v) is 17.7. The third-order valence-corrected chi connectivity index (χ3v) is 5.08. The number of carbonyl (C=O) groups excluding carboxylic acids is 1. The van der Waals surface area contributed by atoms with Crippen molar-refractivity contribution in [1.82, 2.24) is 0 Å². The Labute approximate surface area is 161 Å². The molecule has 2 aromatic rings. The number of para-hydroxylation sites is 1. The molecule has 0 saturated carbocycles. The topological polar surface area (TPSA) is 64.6 Å². The number of anilines is 1. The summed E-state index contributed by atoms with van der Waals surface area (Å²) in [6, 6.07) is 12.7. The van der Waals surface area contributed by atoms with Crippen LogP contribution < -0.4 is 14.8 Å². The Morgan fingerprint density at radius 1 is 1.11 bits per heavy atom. The third kappa shape index (κ3) is 6.14. The Balaban J connectivity index is 2.41. The second kappa shape index (κ2) is 8.18. The minimum Gasteiger partial charge on any atom is -0.494 e. The highest BCUT2D eigenvalue weighted by Crippen LogP contribution is 2.46. The van der Waals surface area contributed by atoms with Crippen LogP contribution in [0.15, 0.2) is 42.5 Å². The monoisotopic (exact) mass is 389 g/mol. The van der Waals surface area contributed by atoms with E-state index < -0.39 is 13.2 Å². The van der Waals surface area contributed by atoms with Crippen molar-refractivity contribution in [3.05, 3.63) is 53.6 Å². The summed E-state index contributed by atoms with van der Waals surface area (Å²) in [4.78, 5) is 12.4. The first-order valence-corrected chi connectivity index (χ1v) is 11.6. The molecule has 0 atom stereocenters. The van der Waals surface area contributed by atoms with Crippen molar-refractivity contribution in [2.24, 2.45) is 0 Å².